The Balaban J connectivity index is 1.59. The molecule has 132 valence electrons. The van der Waals surface area contributed by atoms with Gasteiger partial charge in [-0.2, -0.15) is 5.10 Å². The Bertz CT molecular complexity index is 1220. The van der Waals surface area contributed by atoms with Gasteiger partial charge in [-0.1, -0.05) is 30.3 Å². The monoisotopic (exact) mass is 356 g/mol. The molecule has 7 nitrogen and oxygen atoms in total. The van der Waals surface area contributed by atoms with E-state index in [1.165, 1.54) is 5.56 Å². The molecule has 0 unspecified atom stereocenters. The van der Waals surface area contributed by atoms with Gasteiger partial charge >= 0.3 is 0 Å². The summed E-state index contributed by atoms with van der Waals surface area (Å²) in [6.07, 6.45) is 3.55. The first-order valence-electron chi connectivity index (χ1n) is 8.57. The number of aromatic nitrogens is 6. The van der Waals surface area contributed by atoms with Crippen molar-refractivity contribution in [2.45, 2.75) is 6.54 Å². The van der Waals surface area contributed by atoms with E-state index in [0.29, 0.717) is 6.54 Å². The zero-order valence-electron chi connectivity index (χ0n) is 14.6. The summed E-state index contributed by atoms with van der Waals surface area (Å²) in [5.74, 6) is 1.54. The summed E-state index contributed by atoms with van der Waals surface area (Å²) < 4.78 is 8.99. The van der Waals surface area contributed by atoms with Crippen molar-refractivity contribution in [2.24, 2.45) is 0 Å². The van der Waals surface area contributed by atoms with Crippen LogP contribution in [0.3, 0.4) is 0 Å². The van der Waals surface area contributed by atoms with Gasteiger partial charge in [0.1, 0.15) is 12.1 Å². The average Bonchev–Trinajstić information content (AvgIpc) is 3.33. The van der Waals surface area contributed by atoms with Gasteiger partial charge in [0.15, 0.2) is 17.1 Å². The Morgan fingerprint density at radius 2 is 1.74 bits per heavy atom. The summed E-state index contributed by atoms with van der Waals surface area (Å²) >= 11 is 0. The molecule has 0 aliphatic heterocycles. The van der Waals surface area contributed by atoms with E-state index in [1.807, 2.05) is 51.5 Å². The third-order valence-corrected chi connectivity index (χ3v) is 4.57. The molecule has 3 aromatic heterocycles. The second kappa shape index (κ2) is 6.21. The first-order chi connectivity index (χ1) is 13.3. The van der Waals surface area contributed by atoms with Gasteiger partial charge in [-0.3, -0.25) is 4.40 Å². The number of nitrogens with zero attached hydrogens (tertiary/aromatic N) is 6. The SMILES string of the molecule is COc1ccc(-c2nnc3c4cnn(Cc5ccccc5)c4ncn23)cc1. The predicted molar refractivity (Wildman–Crippen MR) is 102 cm³/mol. The van der Waals surface area contributed by atoms with Crippen LogP contribution in [0.4, 0.5) is 0 Å². The standard InChI is InChI=1S/C20H16N6O/c1-27-16-9-7-15(8-10-16)18-23-24-20-17-11-22-26(19(17)21-13-25(18)20)12-14-5-3-2-4-6-14/h2-11,13H,12H2,1H3. The van der Waals surface area contributed by atoms with Crippen molar-refractivity contribution in [3.05, 3.63) is 72.7 Å². The Labute approximate surface area is 154 Å². The summed E-state index contributed by atoms with van der Waals surface area (Å²) in [5.41, 5.74) is 3.65. The van der Waals surface area contributed by atoms with Crippen LogP contribution < -0.4 is 4.74 Å². The fourth-order valence-corrected chi connectivity index (χ4v) is 3.18. The van der Waals surface area contributed by atoms with Gasteiger partial charge in [0, 0.05) is 5.56 Å². The quantitative estimate of drug-likeness (QED) is 0.495. The van der Waals surface area contributed by atoms with Crippen molar-refractivity contribution in [2.75, 3.05) is 7.11 Å². The van der Waals surface area contributed by atoms with Crippen molar-refractivity contribution in [3.63, 3.8) is 0 Å². The Morgan fingerprint density at radius 1 is 0.926 bits per heavy atom. The maximum absolute atomic E-state index is 5.22. The number of ether oxygens (including phenoxy) is 1. The van der Waals surface area contributed by atoms with Crippen LogP contribution in [0.25, 0.3) is 28.1 Å². The van der Waals surface area contributed by atoms with Crippen molar-refractivity contribution >= 4 is 16.7 Å². The van der Waals surface area contributed by atoms with Crippen LogP contribution in [0.2, 0.25) is 0 Å². The van der Waals surface area contributed by atoms with Crippen molar-refractivity contribution in [1.29, 1.82) is 0 Å². The van der Waals surface area contributed by atoms with E-state index in [0.717, 1.165) is 33.8 Å². The number of hydrogen-bond donors (Lipinski definition) is 0. The molecule has 0 bridgehead atoms. The molecule has 0 amide bonds. The molecule has 0 radical (unpaired) electrons. The van der Waals surface area contributed by atoms with Crippen molar-refractivity contribution in [1.82, 2.24) is 29.4 Å². The Kier molecular flexibility index (Phi) is 3.57. The van der Waals surface area contributed by atoms with E-state index in [-0.39, 0.29) is 0 Å². The summed E-state index contributed by atoms with van der Waals surface area (Å²) in [4.78, 5) is 4.62. The number of methoxy groups -OCH3 is 1. The molecular weight excluding hydrogens is 340 g/mol. The summed E-state index contributed by atoms with van der Waals surface area (Å²) in [6, 6.07) is 17.9. The van der Waals surface area contributed by atoms with Gasteiger partial charge in [0.05, 0.1) is 25.2 Å². The highest BCUT2D eigenvalue weighted by Crippen LogP contribution is 2.24. The number of hydrogen-bond acceptors (Lipinski definition) is 5. The molecule has 0 fully saturated rings. The number of fused-ring (bicyclic) bond motifs is 3. The fourth-order valence-electron chi connectivity index (χ4n) is 3.18. The maximum atomic E-state index is 5.22. The second-order valence-corrected chi connectivity index (χ2v) is 6.22. The average molecular weight is 356 g/mol. The smallest absolute Gasteiger partial charge is 0.175 e. The first-order valence-corrected chi connectivity index (χ1v) is 8.57. The van der Waals surface area contributed by atoms with E-state index in [9.17, 15) is 0 Å². The van der Waals surface area contributed by atoms with Gasteiger partial charge < -0.3 is 4.74 Å². The van der Waals surface area contributed by atoms with Gasteiger partial charge in [0.2, 0.25) is 0 Å². The molecule has 5 rings (SSSR count). The topological polar surface area (TPSA) is 70.1 Å². The lowest BCUT2D eigenvalue weighted by atomic mass is 10.2. The van der Waals surface area contributed by atoms with Crippen LogP contribution in [0.5, 0.6) is 5.75 Å². The van der Waals surface area contributed by atoms with Crippen LogP contribution in [0, 0.1) is 0 Å². The third kappa shape index (κ3) is 2.60. The normalized spacial score (nSPS) is 11.3. The first kappa shape index (κ1) is 15.5. The molecule has 7 heteroatoms. The van der Waals surface area contributed by atoms with Crippen molar-refractivity contribution < 1.29 is 4.74 Å². The van der Waals surface area contributed by atoms with Crippen LogP contribution in [0.1, 0.15) is 5.56 Å². The Hall–Kier alpha value is -3.74. The summed E-state index contributed by atoms with van der Waals surface area (Å²) in [5, 5.41) is 14.1. The molecule has 2 aromatic carbocycles. The van der Waals surface area contributed by atoms with Gasteiger partial charge in [-0.15, -0.1) is 10.2 Å². The van der Waals surface area contributed by atoms with Gasteiger partial charge in [-0.05, 0) is 29.8 Å². The minimum Gasteiger partial charge on any atom is -0.497 e. The second-order valence-electron chi connectivity index (χ2n) is 6.22. The molecule has 0 saturated carbocycles. The maximum Gasteiger partial charge on any atom is 0.175 e. The highest BCUT2D eigenvalue weighted by Gasteiger charge is 2.14. The lowest BCUT2D eigenvalue weighted by Crippen LogP contribution is -2.03. The van der Waals surface area contributed by atoms with E-state index in [4.69, 9.17) is 4.74 Å². The van der Waals surface area contributed by atoms with E-state index >= 15 is 0 Å². The molecule has 3 heterocycles. The third-order valence-electron chi connectivity index (χ3n) is 4.57. The Morgan fingerprint density at radius 3 is 2.52 bits per heavy atom. The predicted octanol–water partition coefficient (Wildman–Crippen LogP) is 3.20. The highest BCUT2D eigenvalue weighted by molar-refractivity contribution is 5.89. The molecule has 0 N–H and O–H groups in total. The minimum atomic E-state index is 0.660. The number of benzene rings is 2. The van der Waals surface area contributed by atoms with Crippen LogP contribution in [-0.2, 0) is 6.54 Å². The number of rotatable bonds is 4. The lowest BCUT2D eigenvalue weighted by Gasteiger charge is -2.04. The van der Waals surface area contributed by atoms with E-state index in [2.05, 4.69) is 32.4 Å². The largest absolute Gasteiger partial charge is 0.497 e. The van der Waals surface area contributed by atoms with Gasteiger partial charge in [-0.25, -0.2) is 9.67 Å². The molecule has 5 aromatic rings. The van der Waals surface area contributed by atoms with Crippen LogP contribution in [-0.4, -0.2) is 36.5 Å². The van der Waals surface area contributed by atoms with Crippen molar-refractivity contribution in [3.8, 4) is 17.1 Å². The molecule has 0 spiro atoms. The van der Waals surface area contributed by atoms with Crippen LogP contribution >= 0.6 is 0 Å². The minimum absolute atomic E-state index is 0.660. The zero-order valence-corrected chi connectivity index (χ0v) is 14.6. The summed E-state index contributed by atoms with van der Waals surface area (Å²) in [6.45, 7) is 0.660. The van der Waals surface area contributed by atoms with Gasteiger partial charge in [0.25, 0.3) is 0 Å². The highest BCUT2D eigenvalue weighted by atomic mass is 16.5. The van der Waals surface area contributed by atoms with E-state index in [1.54, 1.807) is 19.6 Å². The molecule has 0 aliphatic carbocycles. The fraction of sp³-hybridized carbons (Fsp3) is 0.100. The van der Waals surface area contributed by atoms with Crippen LogP contribution in [0.15, 0.2) is 67.1 Å². The molecule has 0 aliphatic rings. The molecule has 0 saturated heterocycles. The van der Waals surface area contributed by atoms with E-state index < -0.39 is 0 Å². The molecule has 27 heavy (non-hydrogen) atoms. The molecular formula is C20H16N6O. The molecule has 0 atom stereocenters. The lowest BCUT2D eigenvalue weighted by molar-refractivity contribution is 0.415. The summed E-state index contributed by atoms with van der Waals surface area (Å²) in [7, 11) is 1.65. The zero-order chi connectivity index (χ0) is 18.2.